The van der Waals surface area contributed by atoms with Gasteiger partial charge in [-0.15, -0.1) is 0 Å². The van der Waals surface area contributed by atoms with Crippen LogP contribution in [0, 0.1) is 0 Å². The molecule has 10 aromatic carbocycles. The molecule has 0 saturated heterocycles. The van der Waals surface area contributed by atoms with E-state index >= 15 is 0 Å². The number of anilines is 3. The van der Waals surface area contributed by atoms with E-state index in [-0.39, 0.29) is 0 Å². The van der Waals surface area contributed by atoms with Gasteiger partial charge in [-0.1, -0.05) is 158 Å². The van der Waals surface area contributed by atoms with Crippen molar-refractivity contribution in [3.05, 3.63) is 231 Å². The molecule has 0 unspecified atom stereocenters. The van der Waals surface area contributed by atoms with E-state index in [9.17, 15) is 0 Å². The number of fused-ring (bicyclic) bond motifs is 8. The summed E-state index contributed by atoms with van der Waals surface area (Å²) in [5, 5.41) is 6.99. The molecule has 12 rings (SSSR count). The molecule has 0 spiro atoms. The van der Waals surface area contributed by atoms with Crippen LogP contribution in [0.25, 0.3) is 93.6 Å². The van der Waals surface area contributed by atoms with E-state index in [0.29, 0.717) is 0 Å². The van der Waals surface area contributed by atoms with E-state index in [1.54, 1.807) is 0 Å². The average Bonchev–Trinajstić information content (AvgIpc) is 3.89. The van der Waals surface area contributed by atoms with Crippen molar-refractivity contribution in [1.82, 2.24) is 4.57 Å². The largest absolute Gasteiger partial charge is 0.455 e. The minimum absolute atomic E-state index is 0.878. The molecule has 0 aliphatic rings. The maximum Gasteiger partial charge on any atom is 0.143 e. The van der Waals surface area contributed by atoms with Crippen LogP contribution >= 0.6 is 0 Å². The fraction of sp³-hybridized carbons (Fsp3) is 0. The zero-order valence-corrected chi connectivity index (χ0v) is 33.2. The predicted octanol–water partition coefficient (Wildman–Crippen LogP) is 16.3. The molecule has 0 saturated carbocycles. The monoisotopic (exact) mass is 778 g/mol. The van der Waals surface area contributed by atoms with Crippen LogP contribution in [-0.4, -0.2) is 4.57 Å². The first kappa shape index (κ1) is 34.9. The van der Waals surface area contributed by atoms with Crippen molar-refractivity contribution in [3.8, 4) is 39.1 Å². The molecule has 0 radical (unpaired) electrons. The van der Waals surface area contributed by atoms with Gasteiger partial charge in [-0.25, -0.2) is 0 Å². The zero-order chi connectivity index (χ0) is 40.3. The summed E-state index contributed by atoms with van der Waals surface area (Å²) in [6, 6.07) is 82.9. The Labute approximate surface area is 353 Å². The molecular formula is C58H38N2O. The summed E-state index contributed by atoms with van der Waals surface area (Å²) in [6.45, 7) is 0. The molecular weight excluding hydrogens is 741 g/mol. The molecule has 3 heteroatoms. The van der Waals surface area contributed by atoms with Gasteiger partial charge in [0.25, 0.3) is 0 Å². The molecule has 3 nitrogen and oxygen atoms in total. The normalized spacial score (nSPS) is 11.6. The van der Waals surface area contributed by atoms with Crippen LogP contribution < -0.4 is 4.90 Å². The molecule has 0 aliphatic heterocycles. The fourth-order valence-electron chi connectivity index (χ4n) is 9.37. The van der Waals surface area contributed by atoms with E-state index in [1.165, 1.54) is 43.9 Å². The maximum absolute atomic E-state index is 6.69. The summed E-state index contributed by atoms with van der Waals surface area (Å²) in [7, 11) is 0. The number of hydrogen-bond acceptors (Lipinski definition) is 2. The van der Waals surface area contributed by atoms with Crippen molar-refractivity contribution in [3.63, 3.8) is 0 Å². The van der Waals surface area contributed by atoms with E-state index in [2.05, 4.69) is 240 Å². The van der Waals surface area contributed by atoms with Crippen LogP contribution in [0.5, 0.6) is 0 Å². The summed E-state index contributed by atoms with van der Waals surface area (Å²) < 4.78 is 9.06. The molecule has 0 bridgehead atoms. The number of furan rings is 1. The van der Waals surface area contributed by atoms with Gasteiger partial charge in [0.2, 0.25) is 0 Å². The van der Waals surface area contributed by atoms with Gasteiger partial charge in [0.1, 0.15) is 11.2 Å². The number of aromatic nitrogens is 1. The first-order chi connectivity index (χ1) is 30.3. The van der Waals surface area contributed by atoms with E-state index in [0.717, 1.165) is 66.8 Å². The second-order valence-electron chi connectivity index (χ2n) is 15.7. The topological polar surface area (TPSA) is 21.3 Å². The van der Waals surface area contributed by atoms with Gasteiger partial charge >= 0.3 is 0 Å². The quantitative estimate of drug-likeness (QED) is 0.161. The lowest BCUT2D eigenvalue weighted by Gasteiger charge is -2.28. The summed E-state index contributed by atoms with van der Waals surface area (Å²) >= 11 is 0. The van der Waals surface area contributed by atoms with E-state index in [4.69, 9.17) is 4.42 Å². The van der Waals surface area contributed by atoms with Crippen LogP contribution in [0.2, 0.25) is 0 Å². The molecule has 0 amide bonds. The standard InChI is InChI=1S/C58H38N2O/c1-3-15-39(16-4-1)40-29-33-45(34-30-40)59(53-26-11-9-23-48(53)50-25-14-28-56-57(50)51-35-31-41-17-7-8-22-47(41)58(51)61-56)46-21-13-18-42(37-46)43-32-36-55-52(38-43)49-24-10-12-27-54(49)60(55)44-19-5-2-6-20-44/h1-38H. The highest BCUT2D eigenvalue weighted by Gasteiger charge is 2.22. The first-order valence-corrected chi connectivity index (χ1v) is 20.8. The Morgan fingerprint density at radius 3 is 1.87 bits per heavy atom. The maximum atomic E-state index is 6.69. The second-order valence-corrected chi connectivity index (χ2v) is 15.7. The van der Waals surface area contributed by atoms with Gasteiger partial charge in [-0.3, -0.25) is 0 Å². The van der Waals surface area contributed by atoms with Gasteiger partial charge in [0, 0.05) is 49.6 Å². The lowest BCUT2D eigenvalue weighted by atomic mass is 9.95. The Bertz CT molecular complexity index is 3580. The van der Waals surface area contributed by atoms with Gasteiger partial charge in [0.05, 0.1) is 16.7 Å². The summed E-state index contributed by atoms with van der Waals surface area (Å²) in [4.78, 5) is 2.41. The van der Waals surface area contributed by atoms with Crippen molar-refractivity contribution in [1.29, 1.82) is 0 Å². The highest BCUT2D eigenvalue weighted by atomic mass is 16.3. The lowest BCUT2D eigenvalue weighted by Crippen LogP contribution is -2.11. The van der Waals surface area contributed by atoms with Gasteiger partial charge in [-0.2, -0.15) is 0 Å². The van der Waals surface area contributed by atoms with Gasteiger partial charge < -0.3 is 13.9 Å². The molecule has 0 atom stereocenters. The highest BCUT2D eigenvalue weighted by molar-refractivity contribution is 6.20. The third-order valence-electron chi connectivity index (χ3n) is 12.2. The summed E-state index contributed by atoms with van der Waals surface area (Å²) in [5.74, 6) is 0. The van der Waals surface area contributed by atoms with E-state index < -0.39 is 0 Å². The van der Waals surface area contributed by atoms with Crippen molar-refractivity contribution >= 4 is 71.6 Å². The van der Waals surface area contributed by atoms with Crippen LogP contribution in [-0.2, 0) is 0 Å². The van der Waals surface area contributed by atoms with Gasteiger partial charge in [-0.05, 0) is 106 Å². The molecule has 286 valence electrons. The third kappa shape index (κ3) is 5.82. The molecule has 61 heavy (non-hydrogen) atoms. The number of nitrogens with zero attached hydrogens (tertiary/aromatic N) is 2. The Morgan fingerprint density at radius 1 is 0.361 bits per heavy atom. The number of benzene rings is 10. The average molecular weight is 779 g/mol. The van der Waals surface area contributed by atoms with Crippen LogP contribution in [0.4, 0.5) is 17.1 Å². The van der Waals surface area contributed by atoms with Crippen molar-refractivity contribution in [2.75, 3.05) is 4.90 Å². The van der Waals surface area contributed by atoms with Crippen LogP contribution in [0.1, 0.15) is 0 Å². The molecule has 0 fully saturated rings. The minimum atomic E-state index is 0.878. The first-order valence-electron chi connectivity index (χ1n) is 20.8. The number of para-hydroxylation sites is 3. The Hall–Kier alpha value is -8.14. The van der Waals surface area contributed by atoms with Crippen LogP contribution in [0.15, 0.2) is 235 Å². The van der Waals surface area contributed by atoms with Crippen LogP contribution in [0.3, 0.4) is 0 Å². The minimum Gasteiger partial charge on any atom is -0.455 e. The second kappa shape index (κ2) is 14.3. The molecule has 2 aromatic heterocycles. The summed E-state index contributed by atoms with van der Waals surface area (Å²) in [5.41, 5.74) is 15.5. The number of rotatable bonds is 7. The highest BCUT2D eigenvalue weighted by Crippen LogP contribution is 2.46. The zero-order valence-electron chi connectivity index (χ0n) is 33.2. The predicted molar refractivity (Wildman–Crippen MR) is 257 cm³/mol. The third-order valence-corrected chi connectivity index (χ3v) is 12.2. The Balaban J connectivity index is 1.04. The van der Waals surface area contributed by atoms with Crippen molar-refractivity contribution in [2.24, 2.45) is 0 Å². The van der Waals surface area contributed by atoms with Crippen molar-refractivity contribution in [2.45, 2.75) is 0 Å². The molecule has 2 heterocycles. The Morgan fingerprint density at radius 2 is 1.00 bits per heavy atom. The Kier molecular flexibility index (Phi) is 8.17. The van der Waals surface area contributed by atoms with Gasteiger partial charge in [0.15, 0.2) is 0 Å². The fourth-order valence-corrected chi connectivity index (χ4v) is 9.37. The number of hydrogen-bond donors (Lipinski definition) is 0. The van der Waals surface area contributed by atoms with E-state index in [1.807, 2.05) is 0 Å². The molecule has 12 aromatic rings. The molecule has 0 aliphatic carbocycles. The SMILES string of the molecule is c1ccc(-c2ccc(N(c3cccc(-c4ccc5c(c4)c4ccccc4n5-c4ccccc4)c3)c3ccccc3-c3cccc4oc5c6ccccc6ccc5c34)cc2)cc1. The molecule has 0 N–H and O–H groups in total. The lowest BCUT2D eigenvalue weighted by molar-refractivity contribution is 0.673. The van der Waals surface area contributed by atoms with Crippen molar-refractivity contribution < 1.29 is 4.42 Å². The summed E-state index contributed by atoms with van der Waals surface area (Å²) in [6.07, 6.45) is 0. The smallest absolute Gasteiger partial charge is 0.143 e.